The van der Waals surface area contributed by atoms with E-state index in [2.05, 4.69) is 61.7 Å². The fourth-order valence-electron chi connectivity index (χ4n) is 3.29. The largest absolute Gasteiger partial charge is 0.494 e. The third-order valence-corrected chi connectivity index (χ3v) is 4.95. The van der Waals surface area contributed by atoms with Gasteiger partial charge in [-0.1, -0.05) is 40.2 Å². The summed E-state index contributed by atoms with van der Waals surface area (Å²) in [6.07, 6.45) is 2.51. The highest BCUT2D eigenvalue weighted by atomic mass is 79.9. The van der Waals surface area contributed by atoms with Crippen molar-refractivity contribution in [1.82, 2.24) is 14.8 Å². The molecular formula is C19H19BrN4O. The molecule has 0 radical (unpaired) electrons. The van der Waals surface area contributed by atoms with E-state index in [-0.39, 0.29) is 12.1 Å². The molecule has 2 aromatic carbocycles. The van der Waals surface area contributed by atoms with E-state index in [0.29, 0.717) is 6.61 Å². The summed E-state index contributed by atoms with van der Waals surface area (Å²) >= 11 is 3.57. The van der Waals surface area contributed by atoms with Crippen LogP contribution in [0, 0.1) is 0 Å². The molecule has 0 saturated heterocycles. The maximum Gasteiger partial charge on any atom is 0.222 e. The van der Waals surface area contributed by atoms with Gasteiger partial charge in [-0.3, -0.25) is 0 Å². The summed E-state index contributed by atoms with van der Waals surface area (Å²) in [4.78, 5) is 4.38. The predicted molar refractivity (Wildman–Crippen MR) is 101 cm³/mol. The molecule has 0 spiro atoms. The maximum absolute atomic E-state index is 5.54. The standard InChI is InChI=1S/C19H19BrN4O/c1-2-25-16-8-6-13(7-9-16)17-11-18(14-4-3-5-15(20)10-14)24-19(23-17)21-12-22-24/h3-10,12,17-18H,2,11H2,1H3,(H,21,22,23)/t17-,18+/m0/s1. The van der Waals surface area contributed by atoms with Gasteiger partial charge >= 0.3 is 0 Å². The van der Waals surface area contributed by atoms with E-state index in [9.17, 15) is 0 Å². The van der Waals surface area contributed by atoms with E-state index in [1.807, 2.05) is 29.8 Å². The van der Waals surface area contributed by atoms with Crippen LogP contribution in [0.4, 0.5) is 5.95 Å². The number of nitrogens with one attached hydrogen (secondary N) is 1. The fraction of sp³-hybridized carbons (Fsp3) is 0.263. The highest BCUT2D eigenvalue weighted by molar-refractivity contribution is 9.10. The minimum atomic E-state index is 0.146. The monoisotopic (exact) mass is 398 g/mol. The normalized spacial score (nSPS) is 19.1. The molecule has 0 amide bonds. The number of benzene rings is 2. The van der Waals surface area contributed by atoms with Gasteiger partial charge in [0.25, 0.3) is 0 Å². The van der Waals surface area contributed by atoms with Crippen molar-refractivity contribution in [2.24, 2.45) is 0 Å². The molecule has 4 rings (SSSR count). The van der Waals surface area contributed by atoms with Crippen LogP contribution in [-0.4, -0.2) is 21.4 Å². The lowest BCUT2D eigenvalue weighted by Crippen LogP contribution is -2.28. The van der Waals surface area contributed by atoms with Crippen LogP contribution in [0.5, 0.6) is 5.75 Å². The Morgan fingerprint density at radius 1 is 1.20 bits per heavy atom. The van der Waals surface area contributed by atoms with Gasteiger partial charge in [0.2, 0.25) is 5.95 Å². The molecule has 1 N–H and O–H groups in total. The first-order valence-corrected chi connectivity index (χ1v) is 9.18. The summed E-state index contributed by atoms with van der Waals surface area (Å²) in [5.41, 5.74) is 2.44. The van der Waals surface area contributed by atoms with E-state index in [1.165, 1.54) is 11.1 Å². The van der Waals surface area contributed by atoms with Crippen molar-refractivity contribution in [3.63, 3.8) is 0 Å². The average Bonchev–Trinajstić information content (AvgIpc) is 3.10. The Kier molecular flexibility index (Phi) is 4.44. The number of hydrogen-bond donors (Lipinski definition) is 1. The maximum atomic E-state index is 5.54. The molecule has 3 aromatic rings. The lowest BCUT2D eigenvalue weighted by atomic mass is 9.93. The molecule has 1 aliphatic rings. The molecule has 0 unspecified atom stereocenters. The third kappa shape index (κ3) is 3.26. The number of aromatic nitrogens is 3. The lowest BCUT2D eigenvalue weighted by molar-refractivity contribution is 0.340. The van der Waals surface area contributed by atoms with E-state index in [0.717, 1.165) is 22.6 Å². The summed E-state index contributed by atoms with van der Waals surface area (Å²) in [5.74, 6) is 1.70. The number of rotatable bonds is 4. The van der Waals surface area contributed by atoms with Crippen molar-refractivity contribution >= 4 is 21.9 Å². The van der Waals surface area contributed by atoms with E-state index in [1.54, 1.807) is 6.33 Å². The van der Waals surface area contributed by atoms with E-state index >= 15 is 0 Å². The molecule has 25 heavy (non-hydrogen) atoms. The second-order valence-corrected chi connectivity index (χ2v) is 6.95. The van der Waals surface area contributed by atoms with Crippen molar-refractivity contribution in [2.75, 3.05) is 11.9 Å². The number of fused-ring (bicyclic) bond motifs is 1. The predicted octanol–water partition coefficient (Wildman–Crippen LogP) is 4.59. The van der Waals surface area contributed by atoms with E-state index in [4.69, 9.17) is 4.74 Å². The Labute approximate surface area is 155 Å². The Morgan fingerprint density at radius 2 is 2.04 bits per heavy atom. The van der Waals surface area contributed by atoms with Gasteiger partial charge in [0.1, 0.15) is 12.1 Å². The Balaban J connectivity index is 1.66. The molecule has 0 fully saturated rings. The molecular weight excluding hydrogens is 380 g/mol. The van der Waals surface area contributed by atoms with Crippen LogP contribution in [0.3, 0.4) is 0 Å². The van der Waals surface area contributed by atoms with E-state index < -0.39 is 0 Å². The van der Waals surface area contributed by atoms with Gasteiger partial charge in [-0.2, -0.15) is 10.1 Å². The average molecular weight is 399 g/mol. The van der Waals surface area contributed by atoms with Crippen molar-refractivity contribution in [3.05, 3.63) is 70.5 Å². The van der Waals surface area contributed by atoms with Gasteiger partial charge in [-0.15, -0.1) is 0 Å². The third-order valence-electron chi connectivity index (χ3n) is 4.46. The number of nitrogens with zero attached hydrogens (tertiary/aromatic N) is 3. The first kappa shape index (κ1) is 16.1. The van der Waals surface area contributed by atoms with Gasteiger partial charge in [-0.05, 0) is 48.7 Å². The van der Waals surface area contributed by atoms with Crippen molar-refractivity contribution in [3.8, 4) is 5.75 Å². The van der Waals surface area contributed by atoms with Crippen LogP contribution < -0.4 is 10.1 Å². The van der Waals surface area contributed by atoms with Gasteiger partial charge < -0.3 is 10.1 Å². The van der Waals surface area contributed by atoms with Crippen molar-refractivity contribution < 1.29 is 4.74 Å². The first-order chi connectivity index (χ1) is 12.2. The minimum absolute atomic E-state index is 0.146. The zero-order chi connectivity index (χ0) is 17.2. The fourth-order valence-corrected chi connectivity index (χ4v) is 3.71. The number of hydrogen-bond acceptors (Lipinski definition) is 4. The summed E-state index contributed by atoms with van der Waals surface area (Å²) in [6.45, 7) is 2.67. The number of ether oxygens (including phenoxy) is 1. The zero-order valence-corrected chi connectivity index (χ0v) is 15.5. The molecule has 5 nitrogen and oxygen atoms in total. The molecule has 0 saturated carbocycles. The highest BCUT2D eigenvalue weighted by Crippen LogP contribution is 2.38. The molecule has 128 valence electrons. The molecule has 1 aromatic heterocycles. The molecule has 1 aliphatic heterocycles. The number of anilines is 1. The quantitative estimate of drug-likeness (QED) is 0.698. The van der Waals surface area contributed by atoms with Crippen LogP contribution in [0.1, 0.15) is 36.6 Å². The first-order valence-electron chi connectivity index (χ1n) is 8.39. The summed E-state index contributed by atoms with van der Waals surface area (Å²) in [6, 6.07) is 17.0. The van der Waals surface area contributed by atoms with Crippen LogP contribution in [0.2, 0.25) is 0 Å². The molecule has 2 heterocycles. The van der Waals surface area contributed by atoms with Crippen molar-refractivity contribution in [2.45, 2.75) is 25.4 Å². The van der Waals surface area contributed by atoms with Gasteiger partial charge in [0.05, 0.1) is 18.7 Å². The van der Waals surface area contributed by atoms with Gasteiger partial charge in [0, 0.05) is 4.47 Å². The Hall–Kier alpha value is -2.34. The van der Waals surface area contributed by atoms with Crippen LogP contribution in [0.25, 0.3) is 0 Å². The van der Waals surface area contributed by atoms with Crippen LogP contribution >= 0.6 is 15.9 Å². The SMILES string of the molecule is CCOc1ccc([C@@H]2C[C@H](c3cccc(Br)c3)n3ncnc3N2)cc1. The lowest BCUT2D eigenvalue weighted by Gasteiger charge is -2.32. The zero-order valence-electron chi connectivity index (χ0n) is 13.9. The summed E-state index contributed by atoms with van der Waals surface area (Å²) in [7, 11) is 0. The second-order valence-electron chi connectivity index (χ2n) is 6.03. The Bertz CT molecular complexity index is 862. The van der Waals surface area contributed by atoms with Crippen LogP contribution in [0.15, 0.2) is 59.3 Å². The Morgan fingerprint density at radius 3 is 2.80 bits per heavy atom. The number of halogens is 1. The molecule has 6 heteroatoms. The minimum Gasteiger partial charge on any atom is -0.494 e. The van der Waals surface area contributed by atoms with Gasteiger partial charge in [-0.25, -0.2) is 4.68 Å². The highest BCUT2D eigenvalue weighted by Gasteiger charge is 2.29. The smallest absolute Gasteiger partial charge is 0.222 e. The van der Waals surface area contributed by atoms with Crippen molar-refractivity contribution in [1.29, 1.82) is 0 Å². The van der Waals surface area contributed by atoms with Crippen LogP contribution in [-0.2, 0) is 0 Å². The molecule has 0 bridgehead atoms. The summed E-state index contributed by atoms with van der Waals surface area (Å²) in [5, 5.41) is 7.91. The molecule has 0 aliphatic carbocycles. The topological polar surface area (TPSA) is 52.0 Å². The molecule has 2 atom stereocenters. The summed E-state index contributed by atoms with van der Waals surface area (Å²) < 4.78 is 8.58. The second kappa shape index (κ2) is 6.88. The van der Waals surface area contributed by atoms with Gasteiger partial charge in [0.15, 0.2) is 0 Å².